The molecule has 0 unspecified atom stereocenters. The van der Waals surface area contributed by atoms with Crippen molar-refractivity contribution in [2.24, 2.45) is 5.73 Å². The molecule has 1 aliphatic heterocycles. The van der Waals surface area contributed by atoms with Gasteiger partial charge in [-0.2, -0.15) is 0 Å². The van der Waals surface area contributed by atoms with Crippen molar-refractivity contribution in [2.75, 3.05) is 13.7 Å². The van der Waals surface area contributed by atoms with Crippen LogP contribution < -0.4 is 5.73 Å². The highest BCUT2D eigenvalue weighted by Crippen LogP contribution is 2.27. The van der Waals surface area contributed by atoms with Crippen LogP contribution in [0.15, 0.2) is 91.0 Å². The van der Waals surface area contributed by atoms with E-state index in [0.29, 0.717) is 26.4 Å². The summed E-state index contributed by atoms with van der Waals surface area (Å²) in [5, 5.41) is 0. The van der Waals surface area contributed by atoms with Gasteiger partial charge in [-0.1, -0.05) is 91.0 Å². The van der Waals surface area contributed by atoms with Crippen molar-refractivity contribution < 1.29 is 23.7 Å². The van der Waals surface area contributed by atoms with Crippen LogP contribution in [0.25, 0.3) is 0 Å². The Morgan fingerprint density at radius 1 is 0.676 bits per heavy atom. The smallest absolute Gasteiger partial charge is 0.186 e. The maximum absolute atomic E-state index is 6.68. The number of hydrogen-bond acceptors (Lipinski definition) is 6. The molecule has 6 nitrogen and oxygen atoms in total. The quantitative estimate of drug-likeness (QED) is 0.462. The predicted octanol–water partition coefficient (Wildman–Crippen LogP) is 4.07. The third-order valence-electron chi connectivity index (χ3n) is 5.91. The van der Waals surface area contributed by atoms with Crippen LogP contribution in [0, 0.1) is 0 Å². The standard InChI is InChI=1S/C28H33NO5/c1-30-28-27(33-19-23-15-9-4-10-16-23)26(32-18-22-13-7-3-8-14-22)25(29)24(34-28)20-31-17-21-11-5-2-6-12-21/h2-16,24-28H,17-20,29H2,1H3/t24-,25+,26+,27-,28-/m0/s1. The van der Waals surface area contributed by atoms with Crippen molar-refractivity contribution in [3.05, 3.63) is 108 Å². The Labute approximate surface area is 201 Å². The van der Waals surface area contributed by atoms with Gasteiger partial charge in [-0.15, -0.1) is 0 Å². The van der Waals surface area contributed by atoms with Crippen molar-refractivity contribution in [2.45, 2.75) is 50.5 Å². The number of rotatable bonds is 11. The molecule has 4 rings (SSSR count). The zero-order valence-corrected chi connectivity index (χ0v) is 19.5. The summed E-state index contributed by atoms with van der Waals surface area (Å²) in [5.41, 5.74) is 9.89. The summed E-state index contributed by atoms with van der Waals surface area (Å²) in [6.07, 6.45) is -1.96. The fourth-order valence-electron chi connectivity index (χ4n) is 4.05. The fourth-order valence-corrected chi connectivity index (χ4v) is 4.05. The lowest BCUT2D eigenvalue weighted by Crippen LogP contribution is -2.64. The molecule has 0 spiro atoms. The molecule has 6 heteroatoms. The van der Waals surface area contributed by atoms with E-state index in [2.05, 4.69) is 0 Å². The van der Waals surface area contributed by atoms with Crippen LogP contribution in [-0.2, 0) is 43.5 Å². The summed E-state index contributed by atoms with van der Waals surface area (Å²) >= 11 is 0. The van der Waals surface area contributed by atoms with Crippen LogP contribution >= 0.6 is 0 Å². The molecule has 0 aromatic heterocycles. The Bertz CT molecular complexity index is 956. The van der Waals surface area contributed by atoms with E-state index < -0.39 is 30.6 Å². The maximum Gasteiger partial charge on any atom is 0.186 e. The molecule has 180 valence electrons. The molecule has 0 bridgehead atoms. The minimum atomic E-state index is -0.630. The number of ether oxygens (including phenoxy) is 5. The Morgan fingerprint density at radius 3 is 1.65 bits per heavy atom. The third kappa shape index (κ3) is 6.73. The first-order valence-corrected chi connectivity index (χ1v) is 11.6. The SMILES string of the molecule is CO[C@H]1O[C@@H](COCc2ccccc2)[C@@H](N)[C@@H](OCc2ccccc2)[C@@H]1OCc1ccccc1. The summed E-state index contributed by atoms with van der Waals surface area (Å²) < 4.78 is 30.4. The lowest BCUT2D eigenvalue weighted by atomic mass is 9.96. The van der Waals surface area contributed by atoms with Crippen molar-refractivity contribution >= 4 is 0 Å². The van der Waals surface area contributed by atoms with Gasteiger partial charge >= 0.3 is 0 Å². The first kappa shape index (κ1) is 24.5. The molecule has 0 saturated carbocycles. The van der Waals surface area contributed by atoms with Gasteiger partial charge in [-0.3, -0.25) is 0 Å². The number of benzene rings is 3. The molecule has 1 aliphatic rings. The van der Waals surface area contributed by atoms with E-state index in [1.165, 1.54) is 0 Å². The van der Waals surface area contributed by atoms with Crippen LogP contribution in [0.2, 0.25) is 0 Å². The Balaban J connectivity index is 1.44. The van der Waals surface area contributed by atoms with Gasteiger partial charge in [0.1, 0.15) is 18.3 Å². The molecule has 34 heavy (non-hydrogen) atoms. The maximum atomic E-state index is 6.68. The highest BCUT2D eigenvalue weighted by atomic mass is 16.7. The van der Waals surface area contributed by atoms with E-state index in [9.17, 15) is 0 Å². The average molecular weight is 464 g/mol. The molecule has 3 aromatic rings. The summed E-state index contributed by atoms with van der Waals surface area (Å²) in [5.74, 6) is 0. The normalized spacial score (nSPS) is 24.7. The molecule has 5 atom stereocenters. The molecule has 0 amide bonds. The fraction of sp³-hybridized carbons (Fsp3) is 0.357. The lowest BCUT2D eigenvalue weighted by molar-refractivity contribution is -0.291. The number of methoxy groups -OCH3 is 1. The zero-order valence-electron chi connectivity index (χ0n) is 19.5. The Morgan fingerprint density at radius 2 is 1.15 bits per heavy atom. The van der Waals surface area contributed by atoms with Gasteiger partial charge in [0, 0.05) is 7.11 Å². The minimum absolute atomic E-state index is 0.326. The highest BCUT2D eigenvalue weighted by molar-refractivity contribution is 5.15. The molecular weight excluding hydrogens is 430 g/mol. The summed E-state index contributed by atoms with van der Waals surface area (Å²) in [7, 11) is 1.61. The molecule has 0 aliphatic carbocycles. The second kappa shape index (κ2) is 12.8. The molecule has 1 fully saturated rings. The first-order valence-electron chi connectivity index (χ1n) is 11.6. The molecule has 0 radical (unpaired) electrons. The Kier molecular flexibility index (Phi) is 9.21. The monoisotopic (exact) mass is 463 g/mol. The van der Waals surface area contributed by atoms with Crippen molar-refractivity contribution in [1.82, 2.24) is 0 Å². The van der Waals surface area contributed by atoms with Gasteiger partial charge in [0.25, 0.3) is 0 Å². The average Bonchev–Trinajstić information content (AvgIpc) is 2.89. The van der Waals surface area contributed by atoms with Crippen molar-refractivity contribution in [1.29, 1.82) is 0 Å². The van der Waals surface area contributed by atoms with Crippen molar-refractivity contribution in [3.63, 3.8) is 0 Å². The van der Waals surface area contributed by atoms with E-state index in [0.717, 1.165) is 16.7 Å². The molecule has 1 saturated heterocycles. The van der Waals surface area contributed by atoms with Crippen molar-refractivity contribution in [3.8, 4) is 0 Å². The third-order valence-corrected chi connectivity index (χ3v) is 5.91. The predicted molar refractivity (Wildman–Crippen MR) is 130 cm³/mol. The second-order valence-corrected chi connectivity index (χ2v) is 8.38. The van der Waals surface area contributed by atoms with Crippen LogP contribution in [0.5, 0.6) is 0 Å². The largest absolute Gasteiger partial charge is 0.374 e. The van der Waals surface area contributed by atoms with Gasteiger partial charge in [-0.25, -0.2) is 0 Å². The molecule has 3 aromatic carbocycles. The van der Waals surface area contributed by atoms with E-state index in [1.807, 2.05) is 91.0 Å². The highest BCUT2D eigenvalue weighted by Gasteiger charge is 2.46. The van der Waals surface area contributed by atoms with Crippen LogP contribution in [0.3, 0.4) is 0 Å². The minimum Gasteiger partial charge on any atom is -0.374 e. The van der Waals surface area contributed by atoms with E-state index >= 15 is 0 Å². The summed E-state index contributed by atoms with van der Waals surface area (Å²) in [4.78, 5) is 0. The van der Waals surface area contributed by atoms with Gasteiger partial charge in [-0.05, 0) is 16.7 Å². The topological polar surface area (TPSA) is 72.2 Å². The number of hydrogen-bond donors (Lipinski definition) is 1. The lowest BCUT2D eigenvalue weighted by Gasteiger charge is -2.44. The second-order valence-electron chi connectivity index (χ2n) is 8.38. The van der Waals surface area contributed by atoms with Crippen LogP contribution in [0.4, 0.5) is 0 Å². The van der Waals surface area contributed by atoms with Crippen LogP contribution in [-0.4, -0.2) is 44.4 Å². The Hall–Kier alpha value is -2.58. The molecular formula is C28H33NO5. The van der Waals surface area contributed by atoms with Gasteiger partial charge < -0.3 is 29.4 Å². The molecule has 2 N–H and O–H groups in total. The van der Waals surface area contributed by atoms with Gasteiger partial charge in [0.05, 0.1) is 32.5 Å². The van der Waals surface area contributed by atoms with Gasteiger partial charge in [0.2, 0.25) is 0 Å². The first-order chi connectivity index (χ1) is 16.7. The van der Waals surface area contributed by atoms with Crippen LogP contribution in [0.1, 0.15) is 16.7 Å². The van der Waals surface area contributed by atoms with E-state index in [1.54, 1.807) is 7.11 Å². The number of nitrogens with two attached hydrogens (primary N) is 1. The van der Waals surface area contributed by atoms with E-state index in [-0.39, 0.29) is 0 Å². The zero-order chi connectivity index (χ0) is 23.6. The summed E-state index contributed by atoms with van der Waals surface area (Å²) in [6.45, 7) is 1.63. The van der Waals surface area contributed by atoms with Gasteiger partial charge in [0.15, 0.2) is 6.29 Å². The molecule has 1 heterocycles. The van der Waals surface area contributed by atoms with E-state index in [4.69, 9.17) is 29.4 Å². The summed E-state index contributed by atoms with van der Waals surface area (Å²) in [6, 6.07) is 29.6.